The molecule has 1 atom stereocenters. The van der Waals surface area contributed by atoms with E-state index in [0.29, 0.717) is 17.8 Å². The third kappa shape index (κ3) is 3.48. The summed E-state index contributed by atoms with van der Waals surface area (Å²) in [6.45, 7) is 4.16. The lowest BCUT2D eigenvalue weighted by Crippen LogP contribution is -2.45. The number of likely N-dealkylation sites (N-methyl/N-ethyl adjacent to an activating group) is 1. The van der Waals surface area contributed by atoms with Gasteiger partial charge in [0, 0.05) is 24.8 Å². The van der Waals surface area contributed by atoms with E-state index < -0.39 is 6.04 Å². The van der Waals surface area contributed by atoms with Crippen molar-refractivity contribution in [3.05, 3.63) is 29.8 Å². The third-order valence-electron chi connectivity index (χ3n) is 2.74. The van der Waals surface area contributed by atoms with Gasteiger partial charge in [-0.15, -0.1) is 0 Å². The Labute approximate surface area is 107 Å². The van der Waals surface area contributed by atoms with E-state index in [0.717, 1.165) is 0 Å². The van der Waals surface area contributed by atoms with E-state index in [4.69, 9.17) is 5.73 Å². The Kier molecular flexibility index (Phi) is 4.71. The Morgan fingerprint density at radius 3 is 2.39 bits per heavy atom. The van der Waals surface area contributed by atoms with Gasteiger partial charge in [0.15, 0.2) is 0 Å². The second-order valence-electron chi connectivity index (χ2n) is 4.17. The van der Waals surface area contributed by atoms with E-state index in [9.17, 15) is 9.59 Å². The zero-order valence-corrected chi connectivity index (χ0v) is 10.9. The molecule has 0 aliphatic heterocycles. The molecule has 98 valence electrons. The van der Waals surface area contributed by atoms with Gasteiger partial charge in [-0.3, -0.25) is 9.59 Å². The SMILES string of the molecule is CCN(C)C(=O)C(C)NC(=O)c1ccc(N)cc1. The van der Waals surface area contributed by atoms with Gasteiger partial charge in [0.25, 0.3) is 5.91 Å². The molecule has 0 aliphatic carbocycles. The van der Waals surface area contributed by atoms with E-state index in [1.165, 1.54) is 0 Å². The predicted octanol–water partition coefficient (Wildman–Crippen LogP) is 0.865. The Hall–Kier alpha value is -2.04. The number of nitrogen functional groups attached to an aromatic ring is 1. The Balaban J connectivity index is 2.65. The molecule has 0 radical (unpaired) electrons. The van der Waals surface area contributed by atoms with Crippen LogP contribution < -0.4 is 11.1 Å². The van der Waals surface area contributed by atoms with E-state index in [2.05, 4.69) is 5.32 Å². The lowest BCUT2D eigenvalue weighted by atomic mass is 10.2. The molecule has 18 heavy (non-hydrogen) atoms. The van der Waals surface area contributed by atoms with Gasteiger partial charge in [0.2, 0.25) is 5.91 Å². The maximum atomic E-state index is 11.9. The first-order valence-electron chi connectivity index (χ1n) is 5.87. The molecule has 0 spiro atoms. The van der Waals surface area contributed by atoms with Gasteiger partial charge in [0.1, 0.15) is 6.04 Å². The molecular weight excluding hydrogens is 230 g/mol. The van der Waals surface area contributed by atoms with E-state index in [1.807, 2.05) is 6.92 Å². The number of carbonyl (C=O) groups excluding carboxylic acids is 2. The molecule has 5 heteroatoms. The number of rotatable bonds is 4. The first kappa shape index (κ1) is 14.0. The molecule has 5 nitrogen and oxygen atoms in total. The van der Waals surface area contributed by atoms with Gasteiger partial charge in [-0.25, -0.2) is 0 Å². The minimum absolute atomic E-state index is 0.110. The van der Waals surface area contributed by atoms with Crippen molar-refractivity contribution in [1.29, 1.82) is 0 Å². The first-order chi connectivity index (χ1) is 8.45. The van der Waals surface area contributed by atoms with Crippen molar-refractivity contribution in [3.63, 3.8) is 0 Å². The molecule has 0 bridgehead atoms. The minimum Gasteiger partial charge on any atom is -0.399 e. The van der Waals surface area contributed by atoms with Crippen LogP contribution in [0.15, 0.2) is 24.3 Å². The van der Waals surface area contributed by atoms with Crippen LogP contribution in [0.5, 0.6) is 0 Å². The van der Waals surface area contributed by atoms with Gasteiger partial charge in [0.05, 0.1) is 0 Å². The summed E-state index contributed by atoms with van der Waals surface area (Å²) < 4.78 is 0. The van der Waals surface area contributed by atoms with Crippen molar-refractivity contribution >= 4 is 17.5 Å². The van der Waals surface area contributed by atoms with Crippen LogP contribution in [-0.4, -0.2) is 36.3 Å². The molecule has 2 amide bonds. The van der Waals surface area contributed by atoms with Crippen LogP contribution in [0.1, 0.15) is 24.2 Å². The average molecular weight is 249 g/mol. The number of nitrogens with zero attached hydrogens (tertiary/aromatic N) is 1. The number of carbonyl (C=O) groups is 2. The van der Waals surface area contributed by atoms with Crippen molar-refractivity contribution < 1.29 is 9.59 Å². The number of benzene rings is 1. The number of hydrogen-bond donors (Lipinski definition) is 2. The van der Waals surface area contributed by atoms with Crippen LogP contribution in [0, 0.1) is 0 Å². The van der Waals surface area contributed by atoms with Crippen molar-refractivity contribution in [1.82, 2.24) is 10.2 Å². The Morgan fingerprint density at radius 1 is 1.33 bits per heavy atom. The zero-order valence-electron chi connectivity index (χ0n) is 10.9. The molecule has 0 aliphatic rings. The molecular formula is C13H19N3O2. The number of hydrogen-bond acceptors (Lipinski definition) is 3. The normalized spacial score (nSPS) is 11.7. The van der Waals surface area contributed by atoms with E-state index in [1.54, 1.807) is 43.1 Å². The molecule has 0 heterocycles. The fraction of sp³-hybridized carbons (Fsp3) is 0.385. The lowest BCUT2D eigenvalue weighted by molar-refractivity contribution is -0.131. The number of nitrogens with two attached hydrogens (primary N) is 1. The summed E-state index contributed by atoms with van der Waals surface area (Å²) >= 11 is 0. The summed E-state index contributed by atoms with van der Waals surface area (Å²) in [6.07, 6.45) is 0. The molecule has 1 aromatic rings. The Morgan fingerprint density at radius 2 is 1.89 bits per heavy atom. The van der Waals surface area contributed by atoms with Gasteiger partial charge in [-0.05, 0) is 38.1 Å². The second kappa shape index (κ2) is 6.05. The number of anilines is 1. The molecule has 1 aromatic carbocycles. The molecule has 0 fully saturated rings. The van der Waals surface area contributed by atoms with Crippen molar-refractivity contribution in [2.24, 2.45) is 0 Å². The van der Waals surface area contributed by atoms with Crippen molar-refractivity contribution in [2.45, 2.75) is 19.9 Å². The molecule has 3 N–H and O–H groups in total. The Bertz CT molecular complexity index is 428. The maximum Gasteiger partial charge on any atom is 0.251 e. The highest BCUT2D eigenvalue weighted by molar-refractivity contribution is 5.97. The first-order valence-corrected chi connectivity index (χ1v) is 5.87. The minimum atomic E-state index is -0.542. The quantitative estimate of drug-likeness (QED) is 0.777. The number of amides is 2. The molecule has 0 saturated heterocycles. The third-order valence-corrected chi connectivity index (χ3v) is 2.74. The maximum absolute atomic E-state index is 11.9. The molecule has 1 rings (SSSR count). The zero-order chi connectivity index (χ0) is 13.7. The fourth-order valence-corrected chi connectivity index (χ4v) is 1.46. The summed E-state index contributed by atoms with van der Waals surface area (Å²) in [7, 11) is 1.70. The highest BCUT2D eigenvalue weighted by Crippen LogP contribution is 2.05. The summed E-state index contributed by atoms with van der Waals surface area (Å²) in [5.41, 5.74) is 6.63. The smallest absolute Gasteiger partial charge is 0.251 e. The second-order valence-corrected chi connectivity index (χ2v) is 4.17. The van der Waals surface area contributed by atoms with Crippen LogP contribution in [0.4, 0.5) is 5.69 Å². The molecule has 1 unspecified atom stereocenters. The highest BCUT2D eigenvalue weighted by atomic mass is 16.2. The van der Waals surface area contributed by atoms with Crippen LogP contribution in [0.25, 0.3) is 0 Å². The van der Waals surface area contributed by atoms with E-state index in [-0.39, 0.29) is 11.8 Å². The van der Waals surface area contributed by atoms with Crippen molar-refractivity contribution in [2.75, 3.05) is 19.3 Å². The molecule has 0 aromatic heterocycles. The van der Waals surface area contributed by atoms with Gasteiger partial charge in [-0.1, -0.05) is 0 Å². The fourth-order valence-electron chi connectivity index (χ4n) is 1.46. The van der Waals surface area contributed by atoms with E-state index >= 15 is 0 Å². The molecule has 0 saturated carbocycles. The lowest BCUT2D eigenvalue weighted by Gasteiger charge is -2.20. The topological polar surface area (TPSA) is 75.4 Å². The largest absolute Gasteiger partial charge is 0.399 e. The summed E-state index contributed by atoms with van der Waals surface area (Å²) in [5, 5.41) is 2.66. The average Bonchev–Trinajstić information content (AvgIpc) is 2.37. The summed E-state index contributed by atoms with van der Waals surface area (Å²) in [4.78, 5) is 25.2. The van der Waals surface area contributed by atoms with Crippen LogP contribution in [-0.2, 0) is 4.79 Å². The van der Waals surface area contributed by atoms with Crippen LogP contribution in [0.3, 0.4) is 0 Å². The van der Waals surface area contributed by atoms with Gasteiger partial charge in [-0.2, -0.15) is 0 Å². The predicted molar refractivity (Wildman–Crippen MR) is 71.1 cm³/mol. The van der Waals surface area contributed by atoms with Crippen LogP contribution in [0.2, 0.25) is 0 Å². The van der Waals surface area contributed by atoms with Gasteiger partial charge < -0.3 is 16.0 Å². The number of nitrogens with one attached hydrogen (secondary N) is 1. The summed E-state index contributed by atoms with van der Waals surface area (Å²) in [5.74, 6) is -0.387. The van der Waals surface area contributed by atoms with Crippen molar-refractivity contribution in [3.8, 4) is 0 Å². The monoisotopic (exact) mass is 249 g/mol. The highest BCUT2D eigenvalue weighted by Gasteiger charge is 2.18. The van der Waals surface area contributed by atoms with Gasteiger partial charge >= 0.3 is 0 Å². The van der Waals surface area contributed by atoms with Crippen LogP contribution >= 0.6 is 0 Å². The summed E-state index contributed by atoms with van der Waals surface area (Å²) in [6, 6.07) is 6.02. The standard InChI is InChI=1S/C13H19N3O2/c1-4-16(3)13(18)9(2)15-12(17)10-5-7-11(14)8-6-10/h5-9H,4,14H2,1-3H3,(H,15,17).